The molecule has 1 atom stereocenters. The Morgan fingerprint density at radius 1 is 1.56 bits per heavy atom. The molecule has 0 saturated carbocycles. The predicted molar refractivity (Wildman–Crippen MR) is 67.9 cm³/mol. The highest BCUT2D eigenvalue weighted by Gasteiger charge is 2.23. The standard InChI is InChI=1S/C12H13ClN2O3/c1-7-11(16)14-9-5-8(3-4-10(9)18-7)6-15(2)12(13)17/h3-5,7H,6H2,1-2H3,(H,14,16). The van der Waals surface area contributed by atoms with Crippen LogP contribution in [0.1, 0.15) is 12.5 Å². The summed E-state index contributed by atoms with van der Waals surface area (Å²) in [6.45, 7) is 2.06. The van der Waals surface area contributed by atoms with Crippen LogP contribution in [-0.4, -0.2) is 29.3 Å². The van der Waals surface area contributed by atoms with E-state index in [-0.39, 0.29) is 5.91 Å². The van der Waals surface area contributed by atoms with E-state index in [1.54, 1.807) is 26.1 Å². The van der Waals surface area contributed by atoms with E-state index in [0.717, 1.165) is 5.56 Å². The molecule has 96 valence electrons. The van der Waals surface area contributed by atoms with Crippen molar-refractivity contribution in [2.75, 3.05) is 12.4 Å². The summed E-state index contributed by atoms with van der Waals surface area (Å²) in [7, 11) is 1.60. The van der Waals surface area contributed by atoms with Crippen LogP contribution in [0, 0.1) is 0 Å². The zero-order valence-electron chi connectivity index (χ0n) is 10.1. The van der Waals surface area contributed by atoms with Crippen LogP contribution < -0.4 is 10.1 Å². The highest BCUT2D eigenvalue weighted by atomic mass is 35.5. The molecule has 5 nitrogen and oxygen atoms in total. The molecule has 0 fully saturated rings. The van der Waals surface area contributed by atoms with Gasteiger partial charge in [0.25, 0.3) is 5.91 Å². The molecule has 2 rings (SSSR count). The summed E-state index contributed by atoms with van der Waals surface area (Å²) in [5.41, 5.74) is 1.48. The summed E-state index contributed by atoms with van der Waals surface area (Å²) in [5, 5.41) is 2.23. The molecule has 0 bridgehead atoms. The maximum absolute atomic E-state index is 11.5. The zero-order chi connectivity index (χ0) is 13.3. The summed E-state index contributed by atoms with van der Waals surface area (Å²) >= 11 is 5.36. The predicted octanol–water partition coefficient (Wildman–Crippen LogP) is 2.20. The fourth-order valence-corrected chi connectivity index (χ4v) is 1.75. The maximum atomic E-state index is 11.5. The van der Waals surface area contributed by atoms with Crippen LogP contribution in [0.5, 0.6) is 5.75 Å². The Kier molecular flexibility index (Phi) is 3.43. The lowest BCUT2D eigenvalue weighted by molar-refractivity contribution is -0.122. The number of nitrogens with one attached hydrogen (secondary N) is 1. The minimum absolute atomic E-state index is 0.179. The van der Waals surface area contributed by atoms with Gasteiger partial charge in [0, 0.05) is 13.6 Å². The van der Waals surface area contributed by atoms with Crippen molar-refractivity contribution in [1.82, 2.24) is 4.90 Å². The van der Waals surface area contributed by atoms with Crippen LogP contribution in [0.2, 0.25) is 0 Å². The van der Waals surface area contributed by atoms with Crippen molar-refractivity contribution in [3.05, 3.63) is 23.8 Å². The number of amides is 2. The van der Waals surface area contributed by atoms with Gasteiger partial charge in [-0.1, -0.05) is 6.07 Å². The highest BCUT2D eigenvalue weighted by Crippen LogP contribution is 2.30. The van der Waals surface area contributed by atoms with Crippen LogP contribution in [0.25, 0.3) is 0 Å². The number of rotatable bonds is 2. The molecule has 6 heteroatoms. The van der Waals surface area contributed by atoms with Crippen molar-refractivity contribution >= 4 is 28.6 Å². The number of carbonyl (C=O) groups excluding carboxylic acids is 2. The number of fused-ring (bicyclic) bond motifs is 1. The molecule has 1 aliphatic rings. The molecule has 1 heterocycles. The van der Waals surface area contributed by atoms with Gasteiger partial charge < -0.3 is 15.0 Å². The Bertz CT molecular complexity index is 504. The topological polar surface area (TPSA) is 58.6 Å². The third-order valence-corrected chi connectivity index (χ3v) is 2.98. The number of hydrogen-bond donors (Lipinski definition) is 1. The van der Waals surface area contributed by atoms with E-state index in [0.29, 0.717) is 18.0 Å². The van der Waals surface area contributed by atoms with Gasteiger partial charge in [-0.05, 0) is 36.2 Å². The zero-order valence-corrected chi connectivity index (χ0v) is 10.8. The monoisotopic (exact) mass is 268 g/mol. The summed E-state index contributed by atoms with van der Waals surface area (Å²) < 4.78 is 5.43. The van der Waals surface area contributed by atoms with Crippen LogP contribution >= 0.6 is 11.6 Å². The minimum Gasteiger partial charge on any atom is -0.479 e. The van der Waals surface area contributed by atoms with Crippen molar-refractivity contribution in [2.24, 2.45) is 0 Å². The molecule has 1 aromatic rings. The van der Waals surface area contributed by atoms with Gasteiger partial charge in [0.2, 0.25) is 0 Å². The SMILES string of the molecule is CC1Oc2ccc(CN(C)C(=O)Cl)cc2NC1=O. The minimum atomic E-state index is -0.526. The number of hydrogen-bond acceptors (Lipinski definition) is 3. The summed E-state index contributed by atoms with van der Waals surface area (Å²) in [5.74, 6) is 0.451. The van der Waals surface area contributed by atoms with Gasteiger partial charge in [-0.15, -0.1) is 0 Å². The smallest absolute Gasteiger partial charge is 0.316 e. The first-order chi connectivity index (χ1) is 8.47. The van der Waals surface area contributed by atoms with Crippen LogP contribution in [0.4, 0.5) is 10.5 Å². The maximum Gasteiger partial charge on any atom is 0.316 e. The first-order valence-corrected chi connectivity index (χ1v) is 5.86. The summed E-state index contributed by atoms with van der Waals surface area (Å²) in [4.78, 5) is 23.8. The van der Waals surface area contributed by atoms with Gasteiger partial charge >= 0.3 is 5.37 Å². The Hall–Kier alpha value is -1.75. The van der Waals surface area contributed by atoms with Crippen LogP contribution in [-0.2, 0) is 11.3 Å². The highest BCUT2D eigenvalue weighted by molar-refractivity contribution is 6.62. The molecular formula is C12H13ClN2O3. The number of carbonyl (C=O) groups is 2. The molecule has 1 aliphatic heterocycles. The molecule has 1 N–H and O–H groups in total. The van der Waals surface area contributed by atoms with Crippen molar-refractivity contribution in [1.29, 1.82) is 0 Å². The van der Waals surface area contributed by atoms with E-state index in [1.165, 1.54) is 4.90 Å². The second-order valence-corrected chi connectivity index (χ2v) is 4.51. The first kappa shape index (κ1) is 12.7. The number of ether oxygens (including phenoxy) is 1. The largest absolute Gasteiger partial charge is 0.479 e. The first-order valence-electron chi connectivity index (χ1n) is 5.48. The Balaban J connectivity index is 2.20. The lowest BCUT2D eigenvalue weighted by Crippen LogP contribution is -2.34. The summed E-state index contributed by atoms with van der Waals surface area (Å²) in [6, 6.07) is 5.38. The molecule has 0 aliphatic carbocycles. The second-order valence-electron chi connectivity index (χ2n) is 4.19. The number of benzene rings is 1. The van der Waals surface area contributed by atoms with E-state index in [4.69, 9.17) is 16.3 Å². The summed E-state index contributed by atoms with van der Waals surface area (Å²) in [6.07, 6.45) is -0.490. The van der Waals surface area contributed by atoms with Gasteiger partial charge in [0.05, 0.1) is 5.69 Å². The molecule has 1 aromatic carbocycles. The van der Waals surface area contributed by atoms with E-state index in [2.05, 4.69) is 5.32 Å². The van der Waals surface area contributed by atoms with Crippen molar-refractivity contribution in [3.63, 3.8) is 0 Å². The Morgan fingerprint density at radius 2 is 2.28 bits per heavy atom. The quantitative estimate of drug-likeness (QED) is 0.661. The van der Waals surface area contributed by atoms with Crippen LogP contribution in [0.15, 0.2) is 18.2 Å². The lowest BCUT2D eigenvalue weighted by Gasteiger charge is -2.24. The molecular weight excluding hydrogens is 256 g/mol. The van der Waals surface area contributed by atoms with Gasteiger partial charge in [0.15, 0.2) is 6.10 Å². The van der Waals surface area contributed by atoms with E-state index < -0.39 is 11.5 Å². The third kappa shape index (κ3) is 2.56. The van der Waals surface area contributed by atoms with Crippen molar-refractivity contribution in [3.8, 4) is 5.75 Å². The third-order valence-electron chi connectivity index (χ3n) is 2.69. The fraction of sp³-hybridized carbons (Fsp3) is 0.333. The Morgan fingerprint density at radius 3 is 2.94 bits per heavy atom. The number of anilines is 1. The molecule has 0 radical (unpaired) electrons. The average molecular weight is 269 g/mol. The number of halogens is 1. The average Bonchev–Trinajstić information content (AvgIpc) is 2.31. The molecule has 0 aromatic heterocycles. The molecule has 0 spiro atoms. The van der Waals surface area contributed by atoms with Crippen molar-refractivity contribution in [2.45, 2.75) is 19.6 Å². The lowest BCUT2D eigenvalue weighted by atomic mass is 10.1. The fourth-order valence-electron chi connectivity index (χ4n) is 1.69. The molecule has 18 heavy (non-hydrogen) atoms. The van der Waals surface area contributed by atoms with Gasteiger partial charge in [0.1, 0.15) is 5.75 Å². The van der Waals surface area contributed by atoms with E-state index >= 15 is 0 Å². The molecule has 1 unspecified atom stereocenters. The van der Waals surface area contributed by atoms with Crippen LogP contribution in [0.3, 0.4) is 0 Å². The normalized spacial score (nSPS) is 17.5. The molecule has 0 saturated heterocycles. The van der Waals surface area contributed by atoms with E-state index in [1.807, 2.05) is 6.07 Å². The van der Waals surface area contributed by atoms with Gasteiger partial charge in [-0.3, -0.25) is 9.59 Å². The van der Waals surface area contributed by atoms with Gasteiger partial charge in [-0.2, -0.15) is 0 Å². The van der Waals surface area contributed by atoms with Crippen molar-refractivity contribution < 1.29 is 14.3 Å². The number of nitrogens with zero attached hydrogens (tertiary/aromatic N) is 1. The molecule has 2 amide bonds. The van der Waals surface area contributed by atoms with Gasteiger partial charge in [-0.25, -0.2) is 0 Å². The van der Waals surface area contributed by atoms with E-state index in [9.17, 15) is 9.59 Å². The second kappa shape index (κ2) is 4.86. The Labute approximate surface area is 110 Å².